The number of nitrogens with zero attached hydrogens (tertiary/aromatic N) is 2. The Morgan fingerprint density at radius 3 is 2.53 bits per heavy atom. The molecule has 0 spiro atoms. The SMILES string of the molecule is CCN(CC(C)C)c1nc(C(C)O)cs1. The van der Waals surface area contributed by atoms with Crippen LogP contribution in [0.4, 0.5) is 5.13 Å². The lowest BCUT2D eigenvalue weighted by Gasteiger charge is -2.21. The van der Waals surface area contributed by atoms with Gasteiger partial charge in [0.1, 0.15) is 0 Å². The third-order valence-electron chi connectivity index (χ3n) is 2.18. The number of thiazole rings is 1. The second-order valence-electron chi connectivity index (χ2n) is 4.16. The van der Waals surface area contributed by atoms with E-state index < -0.39 is 6.10 Å². The van der Waals surface area contributed by atoms with Gasteiger partial charge in [-0.3, -0.25) is 0 Å². The first-order valence-corrected chi connectivity index (χ1v) is 6.31. The molecule has 1 N–H and O–H groups in total. The lowest BCUT2D eigenvalue weighted by molar-refractivity contribution is 0.195. The predicted molar refractivity (Wildman–Crippen MR) is 65.5 cm³/mol. The van der Waals surface area contributed by atoms with Crippen molar-refractivity contribution in [1.82, 2.24) is 4.98 Å². The van der Waals surface area contributed by atoms with Crippen molar-refractivity contribution in [2.75, 3.05) is 18.0 Å². The van der Waals surface area contributed by atoms with Gasteiger partial charge in [-0.15, -0.1) is 11.3 Å². The topological polar surface area (TPSA) is 36.4 Å². The summed E-state index contributed by atoms with van der Waals surface area (Å²) in [6, 6.07) is 0. The molecule has 15 heavy (non-hydrogen) atoms. The van der Waals surface area contributed by atoms with Crippen molar-refractivity contribution in [1.29, 1.82) is 0 Å². The van der Waals surface area contributed by atoms with Crippen LogP contribution in [-0.4, -0.2) is 23.2 Å². The number of aliphatic hydroxyl groups excluding tert-OH is 1. The molecule has 1 aromatic heterocycles. The Balaban J connectivity index is 2.74. The molecule has 0 aromatic carbocycles. The van der Waals surface area contributed by atoms with E-state index in [9.17, 15) is 5.11 Å². The van der Waals surface area contributed by atoms with Crippen LogP contribution in [0.1, 0.15) is 39.5 Å². The summed E-state index contributed by atoms with van der Waals surface area (Å²) >= 11 is 1.61. The van der Waals surface area contributed by atoms with Crippen LogP contribution in [0.15, 0.2) is 5.38 Å². The molecule has 1 rings (SSSR count). The fraction of sp³-hybridized carbons (Fsp3) is 0.727. The molecule has 86 valence electrons. The van der Waals surface area contributed by atoms with Gasteiger partial charge in [0.25, 0.3) is 0 Å². The summed E-state index contributed by atoms with van der Waals surface area (Å²) < 4.78 is 0. The molecule has 0 fully saturated rings. The number of rotatable bonds is 5. The molecule has 0 aliphatic heterocycles. The highest BCUT2D eigenvalue weighted by atomic mass is 32.1. The van der Waals surface area contributed by atoms with Crippen LogP contribution in [0, 0.1) is 5.92 Å². The van der Waals surface area contributed by atoms with E-state index in [1.54, 1.807) is 18.3 Å². The van der Waals surface area contributed by atoms with Crippen molar-refractivity contribution in [2.45, 2.75) is 33.8 Å². The highest BCUT2D eigenvalue weighted by molar-refractivity contribution is 7.13. The zero-order chi connectivity index (χ0) is 11.4. The van der Waals surface area contributed by atoms with Crippen LogP contribution in [0.5, 0.6) is 0 Å². The number of hydrogen-bond acceptors (Lipinski definition) is 4. The van der Waals surface area contributed by atoms with Crippen molar-refractivity contribution >= 4 is 16.5 Å². The first-order chi connectivity index (χ1) is 7.04. The Labute approximate surface area is 95.8 Å². The van der Waals surface area contributed by atoms with Gasteiger partial charge in [0.2, 0.25) is 0 Å². The summed E-state index contributed by atoms with van der Waals surface area (Å²) in [5, 5.41) is 12.3. The summed E-state index contributed by atoms with van der Waals surface area (Å²) in [7, 11) is 0. The Kier molecular flexibility index (Phi) is 4.54. The molecular formula is C11H20N2OS. The Morgan fingerprint density at radius 1 is 1.47 bits per heavy atom. The van der Waals surface area contributed by atoms with E-state index >= 15 is 0 Å². The summed E-state index contributed by atoms with van der Waals surface area (Å²) in [4.78, 5) is 6.68. The molecule has 0 aliphatic carbocycles. The van der Waals surface area contributed by atoms with E-state index in [4.69, 9.17) is 0 Å². The van der Waals surface area contributed by atoms with E-state index in [1.165, 1.54) is 0 Å². The third-order valence-corrected chi connectivity index (χ3v) is 3.10. The van der Waals surface area contributed by atoms with Gasteiger partial charge in [0.15, 0.2) is 5.13 Å². The fourth-order valence-corrected chi connectivity index (χ4v) is 2.38. The molecule has 3 nitrogen and oxygen atoms in total. The molecule has 0 saturated heterocycles. The number of aromatic nitrogens is 1. The molecule has 1 heterocycles. The third kappa shape index (κ3) is 3.47. The highest BCUT2D eigenvalue weighted by Gasteiger charge is 2.12. The zero-order valence-corrected chi connectivity index (χ0v) is 10.7. The fourth-order valence-electron chi connectivity index (χ4n) is 1.40. The molecule has 0 amide bonds. The average molecular weight is 228 g/mol. The standard InChI is InChI=1S/C11H20N2OS/c1-5-13(6-8(2)3)11-12-10(7-15-11)9(4)14/h7-9,14H,5-6H2,1-4H3. The zero-order valence-electron chi connectivity index (χ0n) is 9.90. The second kappa shape index (κ2) is 5.47. The normalized spacial score (nSPS) is 13.2. The molecule has 1 unspecified atom stereocenters. The van der Waals surface area contributed by atoms with E-state index in [1.807, 2.05) is 5.38 Å². The van der Waals surface area contributed by atoms with Gasteiger partial charge in [0, 0.05) is 18.5 Å². The van der Waals surface area contributed by atoms with Crippen LogP contribution < -0.4 is 4.90 Å². The Morgan fingerprint density at radius 2 is 2.13 bits per heavy atom. The van der Waals surface area contributed by atoms with E-state index in [0.29, 0.717) is 5.92 Å². The van der Waals surface area contributed by atoms with Gasteiger partial charge in [-0.05, 0) is 19.8 Å². The van der Waals surface area contributed by atoms with E-state index in [0.717, 1.165) is 23.9 Å². The van der Waals surface area contributed by atoms with Crippen molar-refractivity contribution in [3.63, 3.8) is 0 Å². The Bertz CT molecular complexity index is 297. The second-order valence-corrected chi connectivity index (χ2v) is 5.00. The maximum atomic E-state index is 9.40. The quantitative estimate of drug-likeness (QED) is 0.841. The monoisotopic (exact) mass is 228 g/mol. The van der Waals surface area contributed by atoms with Crippen LogP contribution in [0.25, 0.3) is 0 Å². The van der Waals surface area contributed by atoms with Crippen molar-refractivity contribution in [3.05, 3.63) is 11.1 Å². The molecule has 1 atom stereocenters. The lowest BCUT2D eigenvalue weighted by atomic mass is 10.2. The number of anilines is 1. The molecule has 0 aliphatic rings. The number of aliphatic hydroxyl groups is 1. The first-order valence-electron chi connectivity index (χ1n) is 5.43. The van der Waals surface area contributed by atoms with Gasteiger partial charge in [-0.2, -0.15) is 0 Å². The molecule has 1 aromatic rings. The maximum Gasteiger partial charge on any atom is 0.185 e. The molecule has 0 saturated carbocycles. The Hall–Kier alpha value is -0.610. The summed E-state index contributed by atoms with van der Waals surface area (Å²) in [6.07, 6.45) is -0.465. The number of hydrogen-bond donors (Lipinski definition) is 1. The summed E-state index contributed by atoms with van der Waals surface area (Å²) in [5.41, 5.74) is 0.775. The summed E-state index contributed by atoms with van der Waals surface area (Å²) in [6.45, 7) is 10.3. The maximum absolute atomic E-state index is 9.40. The van der Waals surface area contributed by atoms with E-state index in [2.05, 4.69) is 30.7 Å². The molecular weight excluding hydrogens is 208 g/mol. The lowest BCUT2D eigenvalue weighted by Crippen LogP contribution is -2.27. The molecule has 4 heteroatoms. The summed E-state index contributed by atoms with van der Waals surface area (Å²) in [5.74, 6) is 0.629. The van der Waals surface area contributed by atoms with E-state index in [-0.39, 0.29) is 0 Å². The van der Waals surface area contributed by atoms with Crippen LogP contribution >= 0.6 is 11.3 Å². The predicted octanol–water partition coefficient (Wildman–Crippen LogP) is 2.68. The van der Waals surface area contributed by atoms with Crippen LogP contribution in [0.2, 0.25) is 0 Å². The van der Waals surface area contributed by atoms with Crippen molar-refractivity contribution < 1.29 is 5.11 Å². The highest BCUT2D eigenvalue weighted by Crippen LogP contribution is 2.24. The minimum Gasteiger partial charge on any atom is -0.387 e. The molecule has 0 bridgehead atoms. The van der Waals surface area contributed by atoms with Gasteiger partial charge in [0.05, 0.1) is 11.8 Å². The van der Waals surface area contributed by atoms with Gasteiger partial charge >= 0.3 is 0 Å². The first kappa shape index (κ1) is 12.5. The van der Waals surface area contributed by atoms with Gasteiger partial charge in [-0.1, -0.05) is 13.8 Å². The average Bonchev–Trinajstić information content (AvgIpc) is 2.62. The van der Waals surface area contributed by atoms with Gasteiger partial charge in [-0.25, -0.2) is 4.98 Å². The minimum absolute atomic E-state index is 0.465. The van der Waals surface area contributed by atoms with Crippen molar-refractivity contribution in [3.8, 4) is 0 Å². The smallest absolute Gasteiger partial charge is 0.185 e. The molecule has 0 radical (unpaired) electrons. The van der Waals surface area contributed by atoms with Gasteiger partial charge < -0.3 is 10.0 Å². The minimum atomic E-state index is -0.465. The van der Waals surface area contributed by atoms with Crippen molar-refractivity contribution in [2.24, 2.45) is 5.92 Å². The van der Waals surface area contributed by atoms with Crippen LogP contribution in [-0.2, 0) is 0 Å². The van der Waals surface area contributed by atoms with Crippen LogP contribution in [0.3, 0.4) is 0 Å². The largest absolute Gasteiger partial charge is 0.387 e.